The van der Waals surface area contributed by atoms with E-state index < -0.39 is 29.2 Å². The summed E-state index contributed by atoms with van der Waals surface area (Å²) in [6.07, 6.45) is 0.686. The minimum atomic E-state index is -0.701. The fraction of sp³-hybridized carbons (Fsp3) is 0.250. The van der Waals surface area contributed by atoms with Crippen molar-refractivity contribution in [3.05, 3.63) is 69.8 Å². The first kappa shape index (κ1) is 20.0. The maximum Gasteiger partial charge on any atom is 0.270 e. The number of non-ortho nitro benzene ring substituents is 1. The van der Waals surface area contributed by atoms with Crippen molar-refractivity contribution in [1.29, 1.82) is 0 Å². The van der Waals surface area contributed by atoms with Gasteiger partial charge in [0.25, 0.3) is 17.5 Å². The summed E-state index contributed by atoms with van der Waals surface area (Å²) in [6.45, 7) is 0.695. The summed E-state index contributed by atoms with van der Waals surface area (Å²) in [5, 5.41) is 13.6. The Morgan fingerprint density at radius 1 is 1.10 bits per heavy atom. The zero-order chi connectivity index (χ0) is 21.0. The number of nitrogens with zero attached hydrogens (tertiary/aromatic N) is 3. The molecule has 0 saturated heterocycles. The molecule has 1 N–H and O–H groups in total. The van der Waals surface area contributed by atoms with Gasteiger partial charge in [-0.05, 0) is 24.6 Å². The van der Waals surface area contributed by atoms with E-state index in [4.69, 9.17) is 0 Å². The molecule has 0 saturated carbocycles. The third kappa shape index (κ3) is 4.40. The van der Waals surface area contributed by atoms with E-state index in [1.807, 2.05) is 37.4 Å². The number of fused-ring (bicyclic) bond motifs is 1. The zero-order valence-electron chi connectivity index (χ0n) is 15.8. The molecule has 0 spiro atoms. The van der Waals surface area contributed by atoms with Crippen LogP contribution in [0.2, 0.25) is 0 Å². The molecule has 3 rings (SSSR count). The van der Waals surface area contributed by atoms with Gasteiger partial charge in [-0.3, -0.25) is 29.4 Å². The highest BCUT2D eigenvalue weighted by Crippen LogP contribution is 2.26. The van der Waals surface area contributed by atoms with Crippen LogP contribution in [-0.4, -0.2) is 54.2 Å². The Morgan fingerprint density at radius 2 is 1.79 bits per heavy atom. The Balaban J connectivity index is 1.50. The van der Waals surface area contributed by atoms with Crippen molar-refractivity contribution in [1.82, 2.24) is 10.2 Å². The average Bonchev–Trinajstić information content (AvgIpc) is 2.96. The van der Waals surface area contributed by atoms with Crippen molar-refractivity contribution < 1.29 is 19.3 Å². The summed E-state index contributed by atoms with van der Waals surface area (Å²) in [7, 11) is 1.95. The molecular formula is C20H20N4O5. The second kappa shape index (κ2) is 8.51. The molecule has 0 atom stereocenters. The van der Waals surface area contributed by atoms with Gasteiger partial charge in [-0.25, -0.2) is 0 Å². The SMILES string of the molecule is CN(CCCNC(=O)CN1C(=O)c2ccc([N+](=O)[O-])cc2C1=O)c1ccccc1. The molecule has 0 radical (unpaired) electrons. The number of benzene rings is 2. The molecule has 0 aromatic heterocycles. The number of hydrogen-bond donors (Lipinski definition) is 1. The van der Waals surface area contributed by atoms with Crippen LogP contribution in [-0.2, 0) is 4.79 Å². The van der Waals surface area contributed by atoms with E-state index in [9.17, 15) is 24.5 Å². The Kier molecular flexibility index (Phi) is 5.87. The molecule has 1 heterocycles. The van der Waals surface area contributed by atoms with Crippen LogP contribution in [0.25, 0.3) is 0 Å². The molecular weight excluding hydrogens is 376 g/mol. The summed E-state index contributed by atoms with van der Waals surface area (Å²) < 4.78 is 0. The molecule has 0 unspecified atom stereocenters. The highest BCUT2D eigenvalue weighted by molar-refractivity contribution is 6.22. The quantitative estimate of drug-likeness (QED) is 0.315. The average molecular weight is 396 g/mol. The van der Waals surface area contributed by atoms with Crippen molar-refractivity contribution in [2.45, 2.75) is 6.42 Å². The van der Waals surface area contributed by atoms with Gasteiger partial charge < -0.3 is 10.2 Å². The second-order valence-corrected chi connectivity index (χ2v) is 6.64. The summed E-state index contributed by atoms with van der Waals surface area (Å²) in [5.74, 6) is -1.79. The monoisotopic (exact) mass is 396 g/mol. The predicted molar refractivity (Wildman–Crippen MR) is 106 cm³/mol. The molecule has 150 valence electrons. The molecule has 9 nitrogen and oxygen atoms in total. The Morgan fingerprint density at radius 3 is 2.48 bits per heavy atom. The second-order valence-electron chi connectivity index (χ2n) is 6.64. The van der Waals surface area contributed by atoms with Gasteiger partial charge in [0.15, 0.2) is 0 Å². The van der Waals surface area contributed by atoms with Crippen molar-refractivity contribution in [2.24, 2.45) is 0 Å². The van der Waals surface area contributed by atoms with Gasteiger partial charge in [-0.1, -0.05) is 18.2 Å². The summed E-state index contributed by atoms with van der Waals surface area (Å²) in [6, 6.07) is 13.3. The molecule has 2 aromatic carbocycles. The minimum Gasteiger partial charge on any atom is -0.375 e. The van der Waals surface area contributed by atoms with E-state index in [2.05, 4.69) is 10.2 Å². The molecule has 2 aromatic rings. The van der Waals surface area contributed by atoms with Crippen molar-refractivity contribution >= 4 is 29.1 Å². The predicted octanol–water partition coefficient (Wildman–Crippen LogP) is 1.83. The fourth-order valence-corrected chi connectivity index (χ4v) is 3.09. The minimum absolute atomic E-state index is 0.0542. The lowest BCUT2D eigenvalue weighted by molar-refractivity contribution is -0.384. The van der Waals surface area contributed by atoms with Gasteiger partial charge in [0.05, 0.1) is 16.1 Å². The number of amides is 3. The number of nitrogens with one attached hydrogen (secondary N) is 1. The molecule has 0 aliphatic carbocycles. The Labute approximate surface area is 167 Å². The molecule has 29 heavy (non-hydrogen) atoms. The van der Waals surface area contributed by atoms with Gasteiger partial charge in [0.1, 0.15) is 6.54 Å². The number of anilines is 1. The maximum atomic E-state index is 12.4. The maximum absolute atomic E-state index is 12.4. The topological polar surface area (TPSA) is 113 Å². The van der Waals surface area contributed by atoms with E-state index in [1.54, 1.807) is 0 Å². The fourth-order valence-electron chi connectivity index (χ4n) is 3.09. The third-order valence-corrected chi connectivity index (χ3v) is 4.66. The number of carbonyl (C=O) groups excluding carboxylic acids is 3. The molecule has 1 aliphatic heterocycles. The standard InChI is InChI=1S/C20H20N4O5/c1-22(14-6-3-2-4-7-14)11-5-10-21-18(25)13-23-19(26)16-9-8-15(24(28)29)12-17(16)20(23)27/h2-4,6-9,12H,5,10-11,13H2,1H3,(H,21,25). The van der Waals surface area contributed by atoms with Crippen LogP contribution in [0.4, 0.5) is 11.4 Å². The first-order valence-corrected chi connectivity index (χ1v) is 9.06. The van der Waals surface area contributed by atoms with Crippen LogP contribution in [0.15, 0.2) is 48.5 Å². The van der Waals surface area contributed by atoms with E-state index >= 15 is 0 Å². The van der Waals surface area contributed by atoms with Gasteiger partial charge in [0.2, 0.25) is 5.91 Å². The van der Waals surface area contributed by atoms with Crippen LogP contribution in [0.3, 0.4) is 0 Å². The summed E-state index contributed by atoms with van der Waals surface area (Å²) >= 11 is 0. The molecule has 0 fully saturated rings. The summed E-state index contributed by atoms with van der Waals surface area (Å²) in [5.41, 5.74) is 0.803. The van der Waals surface area contributed by atoms with Gasteiger partial charge in [-0.15, -0.1) is 0 Å². The summed E-state index contributed by atoms with van der Waals surface area (Å²) in [4.78, 5) is 50.0. The number of carbonyl (C=O) groups is 3. The third-order valence-electron chi connectivity index (χ3n) is 4.66. The normalized spacial score (nSPS) is 12.7. The van der Waals surface area contributed by atoms with Crippen molar-refractivity contribution in [2.75, 3.05) is 31.6 Å². The molecule has 9 heteroatoms. The van der Waals surface area contributed by atoms with Crippen molar-refractivity contribution in [3.8, 4) is 0 Å². The van der Waals surface area contributed by atoms with Gasteiger partial charge in [0, 0.05) is 38.0 Å². The van der Waals surface area contributed by atoms with Gasteiger partial charge in [-0.2, -0.15) is 0 Å². The Hall–Kier alpha value is -3.75. The van der Waals surface area contributed by atoms with Crippen LogP contribution >= 0.6 is 0 Å². The lowest BCUT2D eigenvalue weighted by Gasteiger charge is -2.19. The first-order valence-electron chi connectivity index (χ1n) is 9.06. The highest BCUT2D eigenvalue weighted by atomic mass is 16.6. The molecule has 0 bridgehead atoms. The number of imide groups is 1. The van der Waals surface area contributed by atoms with Gasteiger partial charge >= 0.3 is 0 Å². The Bertz CT molecular complexity index is 961. The zero-order valence-corrected chi connectivity index (χ0v) is 15.8. The number of nitro groups is 1. The van der Waals surface area contributed by atoms with Crippen molar-refractivity contribution in [3.63, 3.8) is 0 Å². The van der Waals surface area contributed by atoms with E-state index in [0.717, 1.165) is 29.3 Å². The lowest BCUT2D eigenvalue weighted by Crippen LogP contribution is -2.41. The lowest BCUT2D eigenvalue weighted by atomic mass is 10.1. The number of para-hydroxylation sites is 1. The largest absolute Gasteiger partial charge is 0.375 e. The smallest absolute Gasteiger partial charge is 0.270 e. The van der Waals surface area contributed by atoms with E-state index in [0.29, 0.717) is 13.0 Å². The number of hydrogen-bond acceptors (Lipinski definition) is 6. The van der Waals surface area contributed by atoms with E-state index in [1.165, 1.54) is 6.07 Å². The molecule has 1 aliphatic rings. The van der Waals surface area contributed by atoms with Crippen LogP contribution in [0, 0.1) is 10.1 Å². The van der Waals surface area contributed by atoms with Crippen LogP contribution in [0.1, 0.15) is 27.1 Å². The number of nitro benzene ring substituents is 1. The molecule has 3 amide bonds. The number of rotatable bonds is 8. The van der Waals surface area contributed by atoms with Crippen LogP contribution in [0.5, 0.6) is 0 Å². The highest BCUT2D eigenvalue weighted by Gasteiger charge is 2.37. The first-order chi connectivity index (χ1) is 13.9. The van der Waals surface area contributed by atoms with Crippen LogP contribution < -0.4 is 10.2 Å². The van der Waals surface area contributed by atoms with E-state index in [-0.39, 0.29) is 16.8 Å².